The molecular formula is C18H21ClN2. The van der Waals surface area contributed by atoms with Crippen molar-refractivity contribution in [2.75, 3.05) is 7.05 Å². The molecule has 2 aliphatic rings. The number of aryl methyl sites for hydroxylation is 1. The van der Waals surface area contributed by atoms with Gasteiger partial charge in [-0.1, -0.05) is 11.6 Å². The number of benzene rings is 1. The Morgan fingerprint density at radius 3 is 2.57 bits per heavy atom. The fraction of sp³-hybridized carbons (Fsp3) is 0.500. The highest BCUT2D eigenvalue weighted by Gasteiger charge is 2.38. The number of hydrogen-bond donors (Lipinski definition) is 0. The molecule has 0 N–H and O–H groups in total. The Morgan fingerprint density at radius 1 is 1.14 bits per heavy atom. The van der Waals surface area contributed by atoms with Gasteiger partial charge >= 0.3 is 0 Å². The first-order valence-corrected chi connectivity index (χ1v) is 8.27. The van der Waals surface area contributed by atoms with Crippen LogP contribution in [0.5, 0.6) is 0 Å². The van der Waals surface area contributed by atoms with E-state index in [1.165, 1.54) is 42.2 Å². The normalized spacial score (nSPS) is 29.2. The van der Waals surface area contributed by atoms with Crippen LogP contribution in [0.2, 0.25) is 5.02 Å². The van der Waals surface area contributed by atoms with E-state index in [2.05, 4.69) is 36.1 Å². The highest BCUT2D eigenvalue weighted by atomic mass is 35.5. The van der Waals surface area contributed by atoms with Gasteiger partial charge in [0.05, 0.1) is 5.52 Å². The summed E-state index contributed by atoms with van der Waals surface area (Å²) < 4.78 is 0. The summed E-state index contributed by atoms with van der Waals surface area (Å²) in [6, 6.07) is 7.90. The van der Waals surface area contributed by atoms with Crippen LogP contribution in [0.1, 0.15) is 42.7 Å². The molecule has 2 saturated heterocycles. The van der Waals surface area contributed by atoms with Crippen molar-refractivity contribution in [2.24, 2.45) is 0 Å². The molecule has 2 atom stereocenters. The van der Waals surface area contributed by atoms with Crippen molar-refractivity contribution in [3.8, 4) is 0 Å². The number of nitrogens with zero attached hydrogens (tertiary/aromatic N) is 2. The summed E-state index contributed by atoms with van der Waals surface area (Å²) in [6.45, 7) is 2.12. The van der Waals surface area contributed by atoms with Crippen molar-refractivity contribution in [2.45, 2.75) is 50.6 Å². The molecule has 3 heterocycles. The van der Waals surface area contributed by atoms with E-state index in [1.807, 2.05) is 12.1 Å². The van der Waals surface area contributed by atoms with Gasteiger partial charge in [-0.25, -0.2) is 0 Å². The largest absolute Gasteiger partial charge is 0.300 e. The average molecular weight is 301 g/mol. The number of pyridine rings is 1. The Kier molecular flexibility index (Phi) is 3.20. The minimum atomic E-state index is 0.672. The molecule has 2 aromatic rings. The Morgan fingerprint density at radius 2 is 1.86 bits per heavy atom. The van der Waals surface area contributed by atoms with Gasteiger partial charge in [-0.05, 0) is 74.9 Å². The standard InChI is InChI=1S/C18H21ClN2/c1-11-5-14(19)9-18-17(11)8-13(10-20-18)12-6-15-3-4-16(7-12)21(15)2/h5,8-10,12,15-16H,3-4,6-7H2,1-2H3. The number of rotatable bonds is 1. The van der Waals surface area contributed by atoms with Crippen LogP contribution in [0, 0.1) is 6.92 Å². The lowest BCUT2D eigenvalue weighted by atomic mass is 9.85. The van der Waals surface area contributed by atoms with Crippen molar-refractivity contribution in [1.29, 1.82) is 0 Å². The third-order valence-corrected chi connectivity index (χ3v) is 5.78. The minimum Gasteiger partial charge on any atom is -0.300 e. The zero-order valence-electron chi connectivity index (χ0n) is 12.6. The third kappa shape index (κ3) is 2.25. The summed E-state index contributed by atoms with van der Waals surface area (Å²) >= 11 is 6.13. The maximum absolute atomic E-state index is 6.13. The second-order valence-corrected chi connectivity index (χ2v) is 7.21. The molecule has 0 spiro atoms. The minimum absolute atomic E-state index is 0.672. The van der Waals surface area contributed by atoms with Gasteiger partial charge in [0, 0.05) is 28.7 Å². The van der Waals surface area contributed by atoms with E-state index >= 15 is 0 Å². The van der Waals surface area contributed by atoms with Gasteiger partial charge in [0.25, 0.3) is 0 Å². The summed E-state index contributed by atoms with van der Waals surface area (Å²) in [6.07, 6.45) is 7.38. The molecule has 0 saturated carbocycles. The fourth-order valence-corrected chi connectivity index (χ4v) is 4.55. The van der Waals surface area contributed by atoms with E-state index in [0.717, 1.165) is 22.6 Å². The van der Waals surface area contributed by atoms with Crippen LogP contribution >= 0.6 is 11.6 Å². The number of halogens is 1. The smallest absolute Gasteiger partial charge is 0.0719 e. The fourth-order valence-electron chi connectivity index (χ4n) is 4.29. The van der Waals surface area contributed by atoms with Crippen LogP contribution in [0.25, 0.3) is 10.9 Å². The van der Waals surface area contributed by atoms with Gasteiger partial charge in [-0.3, -0.25) is 4.98 Å². The predicted octanol–water partition coefficient (Wildman–Crippen LogP) is 4.54. The zero-order chi connectivity index (χ0) is 14.6. The second kappa shape index (κ2) is 4.96. The van der Waals surface area contributed by atoms with Crippen molar-refractivity contribution in [1.82, 2.24) is 9.88 Å². The molecule has 0 amide bonds. The highest BCUT2D eigenvalue weighted by molar-refractivity contribution is 6.31. The van der Waals surface area contributed by atoms with Crippen molar-refractivity contribution in [3.63, 3.8) is 0 Å². The summed E-state index contributed by atoms with van der Waals surface area (Å²) in [5, 5.41) is 2.03. The number of hydrogen-bond acceptors (Lipinski definition) is 2. The molecular weight excluding hydrogens is 280 g/mol. The SMILES string of the molecule is Cc1cc(Cl)cc2ncc(C3CC4CCC(C3)N4C)cc12. The first-order chi connectivity index (χ1) is 10.1. The molecule has 0 radical (unpaired) electrons. The average Bonchev–Trinajstić information content (AvgIpc) is 2.69. The quantitative estimate of drug-likeness (QED) is 0.769. The van der Waals surface area contributed by atoms with Crippen molar-refractivity contribution >= 4 is 22.5 Å². The van der Waals surface area contributed by atoms with Crippen LogP contribution in [-0.4, -0.2) is 29.0 Å². The van der Waals surface area contributed by atoms with Crippen molar-refractivity contribution < 1.29 is 0 Å². The van der Waals surface area contributed by atoms with Crippen LogP contribution in [-0.2, 0) is 0 Å². The molecule has 4 rings (SSSR count). The van der Waals surface area contributed by atoms with Gasteiger partial charge in [0.2, 0.25) is 0 Å². The van der Waals surface area contributed by atoms with E-state index in [4.69, 9.17) is 11.6 Å². The van der Waals surface area contributed by atoms with Crippen LogP contribution in [0.3, 0.4) is 0 Å². The van der Waals surface area contributed by atoms with Crippen LogP contribution < -0.4 is 0 Å². The van der Waals surface area contributed by atoms with E-state index in [0.29, 0.717) is 5.92 Å². The van der Waals surface area contributed by atoms with Gasteiger partial charge in [0.15, 0.2) is 0 Å². The monoisotopic (exact) mass is 300 g/mol. The first kappa shape index (κ1) is 13.5. The summed E-state index contributed by atoms with van der Waals surface area (Å²) in [4.78, 5) is 7.26. The molecule has 2 unspecified atom stereocenters. The third-order valence-electron chi connectivity index (χ3n) is 5.56. The van der Waals surface area contributed by atoms with Crippen LogP contribution in [0.4, 0.5) is 0 Å². The molecule has 1 aromatic heterocycles. The maximum Gasteiger partial charge on any atom is 0.0719 e. The summed E-state index contributed by atoms with van der Waals surface area (Å²) in [5.41, 5.74) is 3.65. The van der Waals surface area contributed by atoms with Crippen molar-refractivity contribution in [3.05, 3.63) is 40.5 Å². The lowest BCUT2D eigenvalue weighted by Gasteiger charge is -2.36. The molecule has 2 aliphatic heterocycles. The first-order valence-electron chi connectivity index (χ1n) is 7.89. The van der Waals surface area contributed by atoms with E-state index in [9.17, 15) is 0 Å². The number of aromatic nitrogens is 1. The van der Waals surface area contributed by atoms with Gasteiger partial charge in [-0.15, -0.1) is 0 Å². The predicted molar refractivity (Wildman–Crippen MR) is 88.0 cm³/mol. The molecule has 3 heteroatoms. The molecule has 2 fully saturated rings. The molecule has 0 aliphatic carbocycles. The summed E-state index contributed by atoms with van der Waals surface area (Å²) in [7, 11) is 2.29. The van der Waals surface area contributed by atoms with E-state index < -0.39 is 0 Å². The van der Waals surface area contributed by atoms with E-state index in [1.54, 1.807) is 0 Å². The van der Waals surface area contributed by atoms with Crippen LogP contribution in [0.15, 0.2) is 24.4 Å². The molecule has 2 bridgehead atoms. The Bertz CT molecular complexity index is 683. The lowest BCUT2D eigenvalue weighted by molar-refractivity contribution is 0.161. The highest BCUT2D eigenvalue weighted by Crippen LogP contribution is 2.42. The molecule has 1 aromatic carbocycles. The molecule has 110 valence electrons. The maximum atomic E-state index is 6.13. The Balaban J connectivity index is 1.71. The molecule has 2 nitrogen and oxygen atoms in total. The van der Waals surface area contributed by atoms with Gasteiger partial charge in [-0.2, -0.15) is 0 Å². The Labute approximate surface area is 131 Å². The number of fused-ring (bicyclic) bond motifs is 3. The number of piperidine rings is 1. The topological polar surface area (TPSA) is 16.1 Å². The molecule has 21 heavy (non-hydrogen) atoms. The van der Waals surface area contributed by atoms with Gasteiger partial charge in [0.1, 0.15) is 0 Å². The van der Waals surface area contributed by atoms with E-state index in [-0.39, 0.29) is 0 Å². The summed E-state index contributed by atoms with van der Waals surface area (Å²) in [5.74, 6) is 0.672. The van der Waals surface area contributed by atoms with Gasteiger partial charge < -0.3 is 4.90 Å². The Hall–Kier alpha value is -1.12. The second-order valence-electron chi connectivity index (χ2n) is 6.78. The zero-order valence-corrected chi connectivity index (χ0v) is 13.4. The lowest BCUT2D eigenvalue weighted by Crippen LogP contribution is -2.39.